The number of carbonyl (C=O) groups excluding carboxylic acids is 2. The predicted molar refractivity (Wildman–Crippen MR) is 109 cm³/mol. The SMILES string of the molecule is CCNC(=O)COc1ccc(NC(=O)c2cccn2Cc2ccccc2)cc1. The maximum absolute atomic E-state index is 12.6. The van der Waals surface area contributed by atoms with Crippen molar-refractivity contribution in [3.63, 3.8) is 0 Å². The van der Waals surface area contributed by atoms with E-state index in [4.69, 9.17) is 4.74 Å². The Hall–Kier alpha value is -3.54. The van der Waals surface area contributed by atoms with E-state index in [1.54, 1.807) is 30.3 Å². The van der Waals surface area contributed by atoms with E-state index in [2.05, 4.69) is 10.6 Å². The molecule has 3 rings (SSSR count). The number of benzene rings is 2. The first-order valence-corrected chi connectivity index (χ1v) is 9.15. The van der Waals surface area contributed by atoms with Gasteiger partial charge in [-0.2, -0.15) is 0 Å². The number of amides is 2. The number of rotatable bonds is 8. The van der Waals surface area contributed by atoms with Gasteiger partial charge < -0.3 is 19.9 Å². The summed E-state index contributed by atoms with van der Waals surface area (Å²) in [5.74, 6) is 0.215. The molecule has 1 aromatic heterocycles. The second-order valence-electron chi connectivity index (χ2n) is 6.23. The highest BCUT2D eigenvalue weighted by Crippen LogP contribution is 2.17. The first kappa shape index (κ1) is 19.2. The molecule has 0 aliphatic carbocycles. The van der Waals surface area contributed by atoms with Gasteiger partial charge in [-0.15, -0.1) is 0 Å². The van der Waals surface area contributed by atoms with Crippen LogP contribution in [0.15, 0.2) is 72.9 Å². The lowest BCUT2D eigenvalue weighted by Crippen LogP contribution is -2.28. The zero-order valence-electron chi connectivity index (χ0n) is 15.7. The Labute approximate surface area is 164 Å². The number of nitrogens with one attached hydrogen (secondary N) is 2. The van der Waals surface area contributed by atoms with Crippen LogP contribution in [0, 0.1) is 0 Å². The molecule has 2 amide bonds. The van der Waals surface area contributed by atoms with E-state index in [9.17, 15) is 9.59 Å². The quantitative estimate of drug-likeness (QED) is 0.633. The summed E-state index contributed by atoms with van der Waals surface area (Å²) >= 11 is 0. The van der Waals surface area contributed by atoms with Gasteiger partial charge in [0.15, 0.2) is 6.61 Å². The van der Waals surface area contributed by atoms with Crippen molar-refractivity contribution in [2.75, 3.05) is 18.5 Å². The van der Waals surface area contributed by atoms with E-state index < -0.39 is 0 Å². The third kappa shape index (κ3) is 5.23. The van der Waals surface area contributed by atoms with Gasteiger partial charge in [-0.3, -0.25) is 9.59 Å². The Bertz CT molecular complexity index is 918. The molecule has 0 saturated heterocycles. The fraction of sp³-hybridized carbons (Fsp3) is 0.182. The molecule has 0 saturated carbocycles. The van der Waals surface area contributed by atoms with Crippen LogP contribution >= 0.6 is 0 Å². The summed E-state index contributed by atoms with van der Waals surface area (Å²) in [5, 5.41) is 5.56. The number of aromatic nitrogens is 1. The lowest BCUT2D eigenvalue weighted by Gasteiger charge is -2.11. The van der Waals surface area contributed by atoms with Gasteiger partial charge >= 0.3 is 0 Å². The van der Waals surface area contributed by atoms with Gasteiger partial charge in [0.25, 0.3) is 11.8 Å². The second-order valence-corrected chi connectivity index (χ2v) is 6.23. The lowest BCUT2D eigenvalue weighted by atomic mass is 10.2. The fourth-order valence-corrected chi connectivity index (χ4v) is 2.76. The van der Waals surface area contributed by atoms with E-state index in [-0.39, 0.29) is 18.4 Å². The minimum atomic E-state index is -0.183. The van der Waals surface area contributed by atoms with Crippen LogP contribution in [0.1, 0.15) is 23.0 Å². The standard InChI is InChI=1S/C22H23N3O3/c1-2-23-21(26)16-28-19-12-10-18(11-13-19)24-22(27)20-9-6-14-25(20)15-17-7-4-3-5-8-17/h3-14H,2,15-16H2,1H3,(H,23,26)(H,24,27). The van der Waals surface area contributed by atoms with E-state index >= 15 is 0 Å². The number of hydrogen-bond acceptors (Lipinski definition) is 3. The molecule has 6 nitrogen and oxygen atoms in total. The minimum Gasteiger partial charge on any atom is -0.484 e. The second kappa shape index (κ2) is 9.41. The van der Waals surface area contributed by atoms with Crippen molar-refractivity contribution in [2.24, 2.45) is 0 Å². The zero-order chi connectivity index (χ0) is 19.8. The molecule has 0 fully saturated rings. The molecule has 0 aliphatic heterocycles. The number of ether oxygens (including phenoxy) is 1. The number of likely N-dealkylation sites (N-methyl/N-ethyl adjacent to an activating group) is 1. The van der Waals surface area contributed by atoms with Crippen LogP contribution in [-0.4, -0.2) is 29.5 Å². The average Bonchev–Trinajstić information content (AvgIpc) is 3.17. The summed E-state index contributed by atoms with van der Waals surface area (Å²) in [5.41, 5.74) is 2.37. The molecule has 28 heavy (non-hydrogen) atoms. The molecular formula is C22H23N3O3. The molecule has 144 valence electrons. The highest BCUT2D eigenvalue weighted by Gasteiger charge is 2.11. The summed E-state index contributed by atoms with van der Waals surface area (Å²) in [6, 6.07) is 20.6. The molecule has 1 heterocycles. The highest BCUT2D eigenvalue weighted by atomic mass is 16.5. The van der Waals surface area contributed by atoms with Gasteiger partial charge in [-0.05, 0) is 48.9 Å². The molecule has 0 radical (unpaired) electrons. The largest absolute Gasteiger partial charge is 0.484 e. The zero-order valence-corrected chi connectivity index (χ0v) is 15.7. The van der Waals surface area contributed by atoms with Gasteiger partial charge in [-0.25, -0.2) is 0 Å². The Morgan fingerprint density at radius 2 is 1.71 bits per heavy atom. The van der Waals surface area contributed by atoms with Crippen molar-refractivity contribution in [3.05, 3.63) is 84.2 Å². The molecule has 0 bridgehead atoms. The maximum atomic E-state index is 12.6. The minimum absolute atomic E-state index is 0.0352. The Balaban J connectivity index is 1.59. The molecule has 0 unspecified atom stereocenters. The Kier molecular flexibility index (Phi) is 6.46. The fourth-order valence-electron chi connectivity index (χ4n) is 2.76. The third-order valence-corrected chi connectivity index (χ3v) is 4.11. The number of anilines is 1. The summed E-state index contributed by atoms with van der Waals surface area (Å²) in [7, 11) is 0. The van der Waals surface area contributed by atoms with E-state index in [1.807, 2.05) is 54.1 Å². The lowest BCUT2D eigenvalue weighted by molar-refractivity contribution is -0.122. The van der Waals surface area contributed by atoms with Crippen LogP contribution in [-0.2, 0) is 11.3 Å². The van der Waals surface area contributed by atoms with Crippen LogP contribution in [0.4, 0.5) is 5.69 Å². The molecule has 0 aliphatic rings. The van der Waals surface area contributed by atoms with Crippen LogP contribution in [0.25, 0.3) is 0 Å². The van der Waals surface area contributed by atoms with Crippen molar-refractivity contribution >= 4 is 17.5 Å². The third-order valence-electron chi connectivity index (χ3n) is 4.11. The van der Waals surface area contributed by atoms with Gasteiger partial charge in [0.2, 0.25) is 0 Å². The summed E-state index contributed by atoms with van der Waals surface area (Å²) in [4.78, 5) is 24.1. The normalized spacial score (nSPS) is 10.3. The number of hydrogen-bond donors (Lipinski definition) is 2. The molecular weight excluding hydrogens is 354 g/mol. The number of carbonyl (C=O) groups is 2. The molecule has 2 aromatic carbocycles. The van der Waals surface area contributed by atoms with E-state index in [1.165, 1.54) is 0 Å². The Morgan fingerprint density at radius 1 is 0.964 bits per heavy atom. The maximum Gasteiger partial charge on any atom is 0.272 e. The van der Waals surface area contributed by atoms with Gasteiger partial charge in [-0.1, -0.05) is 30.3 Å². The monoisotopic (exact) mass is 377 g/mol. The van der Waals surface area contributed by atoms with Crippen molar-refractivity contribution in [1.82, 2.24) is 9.88 Å². The van der Waals surface area contributed by atoms with Gasteiger partial charge in [0.05, 0.1) is 0 Å². The van der Waals surface area contributed by atoms with Gasteiger partial charge in [0.1, 0.15) is 11.4 Å². The van der Waals surface area contributed by atoms with Crippen molar-refractivity contribution in [2.45, 2.75) is 13.5 Å². The first-order valence-electron chi connectivity index (χ1n) is 9.15. The Morgan fingerprint density at radius 3 is 2.43 bits per heavy atom. The van der Waals surface area contributed by atoms with Crippen molar-refractivity contribution < 1.29 is 14.3 Å². The van der Waals surface area contributed by atoms with Crippen LogP contribution in [0.5, 0.6) is 5.75 Å². The van der Waals surface area contributed by atoms with Gasteiger partial charge in [0, 0.05) is 25.0 Å². The van der Waals surface area contributed by atoms with E-state index in [0.717, 1.165) is 5.56 Å². The topological polar surface area (TPSA) is 72.4 Å². The summed E-state index contributed by atoms with van der Waals surface area (Å²) in [6.07, 6.45) is 1.89. The highest BCUT2D eigenvalue weighted by molar-refractivity contribution is 6.03. The molecule has 3 aromatic rings. The first-order chi connectivity index (χ1) is 13.7. The van der Waals surface area contributed by atoms with Crippen LogP contribution in [0.2, 0.25) is 0 Å². The molecule has 6 heteroatoms. The van der Waals surface area contributed by atoms with E-state index in [0.29, 0.717) is 30.2 Å². The smallest absolute Gasteiger partial charge is 0.272 e. The number of nitrogens with zero attached hydrogens (tertiary/aromatic N) is 1. The average molecular weight is 377 g/mol. The summed E-state index contributed by atoms with van der Waals surface area (Å²) < 4.78 is 7.32. The molecule has 0 spiro atoms. The summed E-state index contributed by atoms with van der Waals surface area (Å²) in [6.45, 7) is 3.01. The van der Waals surface area contributed by atoms with Crippen molar-refractivity contribution in [1.29, 1.82) is 0 Å². The predicted octanol–water partition coefficient (Wildman–Crippen LogP) is 3.30. The molecule has 2 N–H and O–H groups in total. The molecule has 0 atom stereocenters. The van der Waals surface area contributed by atoms with Crippen LogP contribution in [0.3, 0.4) is 0 Å². The van der Waals surface area contributed by atoms with Crippen molar-refractivity contribution in [3.8, 4) is 5.75 Å². The van der Waals surface area contributed by atoms with Crippen LogP contribution < -0.4 is 15.4 Å².